The number of amides is 1. The second-order valence-corrected chi connectivity index (χ2v) is 9.11. The number of carbonyl (C=O) groups is 2. The molecular formula is C24H23ClN4O4S. The van der Waals surface area contributed by atoms with Gasteiger partial charge in [-0.05, 0) is 36.1 Å². The monoisotopic (exact) mass is 498 g/mol. The van der Waals surface area contributed by atoms with Crippen molar-refractivity contribution in [3.05, 3.63) is 53.1 Å². The second kappa shape index (κ2) is 9.99. The Labute approximate surface area is 206 Å². The molecule has 8 nitrogen and oxygen atoms in total. The summed E-state index contributed by atoms with van der Waals surface area (Å²) in [4.78, 5) is 31.3. The minimum Gasteiger partial charge on any atom is -0.854 e. The summed E-state index contributed by atoms with van der Waals surface area (Å²) in [5.74, 6) is -0.189. The smallest absolute Gasteiger partial charge is 0.310 e. The van der Waals surface area contributed by atoms with Crippen LogP contribution in [0, 0.1) is 0 Å². The van der Waals surface area contributed by atoms with Crippen LogP contribution in [0.25, 0.3) is 11.3 Å². The van der Waals surface area contributed by atoms with Gasteiger partial charge in [-0.25, -0.2) is 9.88 Å². The molecule has 0 N–H and O–H groups in total. The van der Waals surface area contributed by atoms with Gasteiger partial charge in [-0.1, -0.05) is 60.9 Å². The molecule has 0 bridgehead atoms. The van der Waals surface area contributed by atoms with E-state index in [9.17, 15) is 14.7 Å². The van der Waals surface area contributed by atoms with Crippen LogP contribution >= 0.6 is 23.4 Å². The lowest BCUT2D eigenvalue weighted by Gasteiger charge is -2.33. The van der Waals surface area contributed by atoms with E-state index in [0.29, 0.717) is 32.7 Å². The number of fused-ring (bicyclic) bond motifs is 3. The van der Waals surface area contributed by atoms with Gasteiger partial charge in [0.15, 0.2) is 0 Å². The molecule has 2 aromatic carbocycles. The molecule has 1 aromatic heterocycles. The van der Waals surface area contributed by atoms with Gasteiger partial charge in [0.25, 0.3) is 17.0 Å². The average molecular weight is 499 g/mol. The zero-order valence-electron chi connectivity index (χ0n) is 18.9. The van der Waals surface area contributed by atoms with Crippen LogP contribution in [-0.2, 0) is 9.59 Å². The molecule has 1 aliphatic rings. The number of aromatic nitrogens is 3. The Kier molecular flexibility index (Phi) is 7.04. The van der Waals surface area contributed by atoms with Gasteiger partial charge in [-0.15, -0.1) is 0 Å². The van der Waals surface area contributed by atoms with E-state index < -0.39 is 18.0 Å². The molecule has 0 saturated heterocycles. The van der Waals surface area contributed by atoms with Crippen LogP contribution in [0.1, 0.15) is 45.3 Å². The zero-order valence-corrected chi connectivity index (χ0v) is 20.5. The number of anilines is 1. The molecule has 1 aliphatic heterocycles. The molecule has 10 heteroatoms. The average Bonchev–Trinajstić information content (AvgIpc) is 2.83. The number of benzene rings is 2. The lowest BCUT2D eigenvalue weighted by molar-refractivity contribution is -0.764. The summed E-state index contributed by atoms with van der Waals surface area (Å²) >= 11 is 7.68. The van der Waals surface area contributed by atoms with Crippen LogP contribution in [0.15, 0.2) is 47.6 Å². The van der Waals surface area contributed by atoms with Gasteiger partial charge < -0.3 is 9.84 Å². The Morgan fingerprint density at radius 1 is 1.18 bits per heavy atom. The molecule has 0 radical (unpaired) electrons. The van der Waals surface area contributed by atoms with E-state index in [2.05, 4.69) is 10.1 Å². The maximum Gasteiger partial charge on any atom is 0.310 e. The Balaban J connectivity index is 2.07. The Bertz CT molecular complexity index is 1270. The molecule has 4 rings (SSSR count). The normalized spacial score (nSPS) is 14.4. The molecule has 34 heavy (non-hydrogen) atoms. The van der Waals surface area contributed by atoms with Crippen LogP contribution < -0.4 is 19.4 Å². The van der Waals surface area contributed by atoms with E-state index in [-0.39, 0.29) is 30.2 Å². The van der Waals surface area contributed by atoms with Gasteiger partial charge in [0, 0.05) is 23.0 Å². The standard InChI is InChI=1S/C24H23ClN4O4S/c1-4-19(30)28-17-10-8-7-9-15(17)21-22(32)26-24(34-6-3)27-29(21)23(28)16-13-14(25)11-12-18(16)33-20(31)5-2/h7-13,23H,4-6H2,1-3H3. The fourth-order valence-electron chi connectivity index (χ4n) is 3.85. The number of carbonyl (C=O) groups excluding carboxylic acids is 2. The third-order valence-corrected chi connectivity index (χ3v) is 6.28. The highest BCUT2D eigenvalue weighted by atomic mass is 35.5. The minimum atomic E-state index is -0.914. The van der Waals surface area contributed by atoms with E-state index in [1.807, 2.05) is 6.92 Å². The van der Waals surface area contributed by atoms with Gasteiger partial charge >= 0.3 is 5.97 Å². The van der Waals surface area contributed by atoms with Crippen molar-refractivity contribution in [3.63, 3.8) is 0 Å². The third-order valence-electron chi connectivity index (χ3n) is 5.32. The van der Waals surface area contributed by atoms with Crippen molar-refractivity contribution in [2.45, 2.75) is 44.9 Å². The van der Waals surface area contributed by atoms with Crippen molar-refractivity contribution in [2.75, 3.05) is 10.7 Å². The summed E-state index contributed by atoms with van der Waals surface area (Å²) in [7, 11) is 0. The molecule has 2 heterocycles. The van der Waals surface area contributed by atoms with E-state index in [0.717, 1.165) is 0 Å². The van der Waals surface area contributed by atoms with E-state index in [1.165, 1.54) is 16.4 Å². The van der Waals surface area contributed by atoms with E-state index in [1.54, 1.807) is 61.2 Å². The fraction of sp³-hybridized carbons (Fsp3) is 0.292. The maximum atomic E-state index is 13.3. The number of rotatable bonds is 6. The van der Waals surface area contributed by atoms with Gasteiger partial charge in [-0.2, -0.15) is 0 Å². The zero-order chi connectivity index (χ0) is 24.4. The summed E-state index contributed by atoms with van der Waals surface area (Å²) in [6.07, 6.45) is -0.541. The van der Waals surface area contributed by atoms with Crippen molar-refractivity contribution in [3.8, 4) is 22.9 Å². The fourth-order valence-corrected chi connectivity index (χ4v) is 4.59. The van der Waals surface area contributed by atoms with E-state index in [4.69, 9.17) is 16.3 Å². The highest BCUT2D eigenvalue weighted by molar-refractivity contribution is 7.99. The number of halogens is 1. The second-order valence-electron chi connectivity index (χ2n) is 7.44. The van der Waals surface area contributed by atoms with Crippen LogP contribution in [-0.4, -0.2) is 27.7 Å². The Morgan fingerprint density at radius 2 is 1.94 bits per heavy atom. The van der Waals surface area contributed by atoms with Crippen molar-refractivity contribution < 1.29 is 24.1 Å². The molecule has 1 unspecified atom stereocenters. The Hall–Kier alpha value is -3.17. The number of para-hydroxylation sites is 1. The summed E-state index contributed by atoms with van der Waals surface area (Å²) in [6.45, 7) is 5.38. The SMILES string of the molecule is CCSc1nc([O-])c2[n+](n1)C(c1cc(Cl)ccc1OC(=O)CC)N(C(=O)CC)c1ccccc1-2. The predicted octanol–water partition coefficient (Wildman–Crippen LogP) is 3.89. The van der Waals surface area contributed by atoms with Gasteiger partial charge in [-0.3, -0.25) is 9.59 Å². The highest BCUT2D eigenvalue weighted by Gasteiger charge is 2.46. The van der Waals surface area contributed by atoms with Gasteiger partial charge in [0.2, 0.25) is 5.91 Å². The van der Waals surface area contributed by atoms with Crippen LogP contribution in [0.3, 0.4) is 0 Å². The molecule has 3 aromatic rings. The third kappa shape index (κ3) is 4.33. The first-order valence-corrected chi connectivity index (χ1v) is 12.3. The van der Waals surface area contributed by atoms with Crippen molar-refractivity contribution in [2.24, 2.45) is 0 Å². The largest absolute Gasteiger partial charge is 0.854 e. The van der Waals surface area contributed by atoms with E-state index >= 15 is 0 Å². The molecule has 1 atom stereocenters. The number of esters is 1. The first-order chi connectivity index (χ1) is 16.4. The number of hydrogen-bond donors (Lipinski definition) is 0. The number of thioether (sulfide) groups is 1. The molecule has 1 amide bonds. The molecule has 0 saturated carbocycles. The molecule has 176 valence electrons. The van der Waals surface area contributed by atoms with Crippen LogP contribution in [0.2, 0.25) is 5.02 Å². The Morgan fingerprint density at radius 3 is 2.65 bits per heavy atom. The summed E-state index contributed by atoms with van der Waals surface area (Å²) in [5.41, 5.74) is 1.77. The quantitative estimate of drug-likeness (QED) is 0.220. The molecular weight excluding hydrogens is 476 g/mol. The topological polar surface area (TPSA) is 99.3 Å². The summed E-state index contributed by atoms with van der Waals surface area (Å²) < 4.78 is 7.10. The highest BCUT2D eigenvalue weighted by Crippen LogP contribution is 2.43. The van der Waals surface area contributed by atoms with Gasteiger partial charge in [0.1, 0.15) is 5.75 Å². The molecule has 0 aliphatic carbocycles. The number of ether oxygens (including phenoxy) is 1. The van der Waals surface area contributed by atoms with Crippen molar-refractivity contribution in [1.29, 1.82) is 0 Å². The van der Waals surface area contributed by atoms with Crippen LogP contribution in [0.4, 0.5) is 5.69 Å². The van der Waals surface area contributed by atoms with Crippen LogP contribution in [0.5, 0.6) is 11.6 Å². The first-order valence-electron chi connectivity index (χ1n) is 10.9. The lowest BCUT2D eigenvalue weighted by atomic mass is 10.0. The molecule has 0 spiro atoms. The maximum absolute atomic E-state index is 13.3. The minimum absolute atomic E-state index is 0.168. The first kappa shape index (κ1) is 24.0. The predicted molar refractivity (Wildman–Crippen MR) is 127 cm³/mol. The van der Waals surface area contributed by atoms with Crippen molar-refractivity contribution >= 4 is 40.9 Å². The summed E-state index contributed by atoms with van der Waals surface area (Å²) in [5, 5.41) is 18.5. The van der Waals surface area contributed by atoms with Gasteiger partial charge in [0.05, 0.1) is 22.7 Å². The number of nitrogens with zero attached hydrogens (tertiary/aromatic N) is 4. The molecule has 0 fully saturated rings. The van der Waals surface area contributed by atoms with Crippen molar-refractivity contribution in [1.82, 2.24) is 10.1 Å². The number of hydrogen-bond acceptors (Lipinski definition) is 7. The lowest BCUT2D eigenvalue weighted by Crippen LogP contribution is -2.59. The summed E-state index contributed by atoms with van der Waals surface area (Å²) in [6, 6.07) is 11.9.